The molecule has 0 spiro atoms. The van der Waals surface area contributed by atoms with Gasteiger partial charge in [0.05, 0.1) is 5.69 Å². The molecule has 0 bridgehead atoms. The number of rotatable bonds is 3. The molecule has 5 nitrogen and oxygen atoms in total. The third-order valence-electron chi connectivity index (χ3n) is 6.02. The molecule has 0 fully saturated rings. The van der Waals surface area contributed by atoms with Gasteiger partial charge in [0.25, 0.3) is 5.91 Å². The van der Waals surface area contributed by atoms with Crippen molar-refractivity contribution in [1.82, 2.24) is 4.90 Å². The van der Waals surface area contributed by atoms with Gasteiger partial charge in [-0.3, -0.25) is 9.59 Å². The highest BCUT2D eigenvalue weighted by Gasteiger charge is 2.32. The van der Waals surface area contributed by atoms with Crippen LogP contribution >= 0.6 is 0 Å². The van der Waals surface area contributed by atoms with Crippen molar-refractivity contribution in [3.8, 4) is 16.9 Å². The molecule has 0 aromatic heterocycles. The Bertz CT molecular complexity index is 1110. The highest BCUT2D eigenvalue weighted by atomic mass is 16.5. The van der Waals surface area contributed by atoms with Crippen molar-refractivity contribution in [3.05, 3.63) is 83.9 Å². The first-order valence-corrected chi connectivity index (χ1v) is 10.6. The van der Waals surface area contributed by atoms with Crippen LogP contribution in [0, 0.1) is 0 Å². The minimum Gasteiger partial charge on any atom is -0.479 e. The van der Waals surface area contributed by atoms with Gasteiger partial charge in [0.2, 0.25) is 5.91 Å². The van der Waals surface area contributed by atoms with E-state index in [0.29, 0.717) is 25.4 Å². The minimum atomic E-state index is -0.554. The Morgan fingerprint density at radius 2 is 1.48 bits per heavy atom. The lowest BCUT2D eigenvalue weighted by molar-refractivity contribution is -0.132. The van der Waals surface area contributed by atoms with Crippen LogP contribution in [0.15, 0.2) is 72.8 Å². The molecular formula is C26H24N2O3. The zero-order chi connectivity index (χ0) is 21.4. The summed E-state index contributed by atoms with van der Waals surface area (Å²) in [7, 11) is 0. The Hall–Kier alpha value is -3.60. The fourth-order valence-corrected chi connectivity index (χ4v) is 4.44. The molecule has 2 aliphatic heterocycles. The molecule has 2 amide bonds. The Balaban J connectivity index is 1.38. The maximum Gasteiger partial charge on any atom is 0.267 e. The van der Waals surface area contributed by atoms with Crippen molar-refractivity contribution < 1.29 is 14.3 Å². The minimum absolute atomic E-state index is 0.0379. The molecule has 0 N–H and O–H groups in total. The molecule has 5 rings (SSSR count). The Morgan fingerprint density at radius 1 is 0.903 bits per heavy atom. The number of hydrogen-bond donors (Lipinski definition) is 0. The van der Waals surface area contributed by atoms with E-state index in [2.05, 4.69) is 24.3 Å². The lowest BCUT2D eigenvalue weighted by Crippen LogP contribution is -2.46. The number of amides is 2. The van der Waals surface area contributed by atoms with E-state index in [4.69, 9.17) is 4.74 Å². The summed E-state index contributed by atoms with van der Waals surface area (Å²) in [5, 5.41) is 0. The first-order chi connectivity index (χ1) is 15.1. The fourth-order valence-electron chi connectivity index (χ4n) is 4.44. The van der Waals surface area contributed by atoms with Crippen LogP contribution in [-0.2, 0) is 22.7 Å². The van der Waals surface area contributed by atoms with E-state index >= 15 is 0 Å². The second kappa shape index (κ2) is 7.91. The van der Waals surface area contributed by atoms with E-state index in [0.717, 1.165) is 16.8 Å². The Labute approximate surface area is 181 Å². The largest absolute Gasteiger partial charge is 0.479 e. The molecule has 2 heterocycles. The fraction of sp³-hybridized carbons (Fsp3) is 0.231. The lowest BCUT2D eigenvalue weighted by atomic mass is 9.97. The van der Waals surface area contributed by atoms with Gasteiger partial charge in [-0.15, -0.1) is 0 Å². The van der Waals surface area contributed by atoms with E-state index in [1.807, 2.05) is 53.4 Å². The normalized spacial score (nSPS) is 17.2. The molecule has 3 aromatic rings. The molecule has 0 saturated carbocycles. The predicted molar refractivity (Wildman–Crippen MR) is 120 cm³/mol. The number of nitrogens with zero attached hydrogens (tertiary/aromatic N) is 2. The van der Waals surface area contributed by atoms with E-state index in [9.17, 15) is 9.59 Å². The van der Waals surface area contributed by atoms with Crippen molar-refractivity contribution in [3.63, 3.8) is 0 Å². The molecule has 2 aliphatic rings. The second-order valence-electron chi connectivity index (χ2n) is 8.03. The van der Waals surface area contributed by atoms with E-state index in [-0.39, 0.29) is 18.2 Å². The van der Waals surface area contributed by atoms with Gasteiger partial charge in [0, 0.05) is 26.1 Å². The topological polar surface area (TPSA) is 49.9 Å². The van der Waals surface area contributed by atoms with Gasteiger partial charge >= 0.3 is 0 Å². The molecular weight excluding hydrogens is 388 g/mol. The lowest BCUT2D eigenvalue weighted by Gasteiger charge is -2.33. The molecule has 0 saturated heterocycles. The summed E-state index contributed by atoms with van der Waals surface area (Å²) in [6, 6.07) is 24.0. The van der Waals surface area contributed by atoms with Crippen LogP contribution in [-0.4, -0.2) is 29.4 Å². The quantitative estimate of drug-likeness (QED) is 0.641. The summed E-state index contributed by atoms with van der Waals surface area (Å²) in [5.41, 5.74) is 5.37. The van der Waals surface area contributed by atoms with Crippen molar-refractivity contribution >= 4 is 17.5 Å². The molecule has 1 unspecified atom stereocenters. The summed E-state index contributed by atoms with van der Waals surface area (Å²) < 4.78 is 5.71. The molecule has 0 radical (unpaired) electrons. The standard InChI is InChI=1S/C26H24N2O3/c1-18-26(30)28(23-12-6-7-13-24(23)31-18)15-14-25(29)27-16-19-8-2-4-10-21(19)22-11-5-3-9-20(22)17-27/h2-13,18H,14-17H2,1H3. The number of para-hydroxylation sites is 2. The van der Waals surface area contributed by atoms with Gasteiger partial charge in [-0.05, 0) is 41.3 Å². The van der Waals surface area contributed by atoms with Gasteiger partial charge in [-0.2, -0.15) is 0 Å². The number of anilines is 1. The molecule has 5 heteroatoms. The molecule has 3 aromatic carbocycles. The van der Waals surface area contributed by atoms with Gasteiger partial charge < -0.3 is 14.5 Å². The summed E-state index contributed by atoms with van der Waals surface area (Å²) in [5.74, 6) is 0.605. The maximum absolute atomic E-state index is 13.3. The first-order valence-electron chi connectivity index (χ1n) is 10.6. The molecule has 0 aliphatic carbocycles. The zero-order valence-corrected chi connectivity index (χ0v) is 17.5. The van der Waals surface area contributed by atoms with Gasteiger partial charge in [0.1, 0.15) is 5.75 Å². The van der Waals surface area contributed by atoms with Crippen LogP contribution in [0.5, 0.6) is 5.75 Å². The molecule has 1 atom stereocenters. The van der Waals surface area contributed by atoms with Crippen LogP contribution in [0.25, 0.3) is 11.1 Å². The highest BCUT2D eigenvalue weighted by Crippen LogP contribution is 2.35. The summed E-state index contributed by atoms with van der Waals surface area (Å²) in [6.07, 6.45) is -0.293. The highest BCUT2D eigenvalue weighted by molar-refractivity contribution is 6.00. The molecule has 156 valence electrons. The summed E-state index contributed by atoms with van der Waals surface area (Å²) in [6.45, 7) is 3.21. The van der Waals surface area contributed by atoms with Gasteiger partial charge in [0.15, 0.2) is 6.10 Å². The van der Waals surface area contributed by atoms with Gasteiger partial charge in [-0.1, -0.05) is 60.7 Å². The number of benzene rings is 3. The number of carbonyl (C=O) groups excluding carboxylic acids is 2. The van der Waals surface area contributed by atoms with Crippen LogP contribution < -0.4 is 9.64 Å². The van der Waals surface area contributed by atoms with Crippen molar-refractivity contribution in [1.29, 1.82) is 0 Å². The summed E-state index contributed by atoms with van der Waals surface area (Å²) >= 11 is 0. The van der Waals surface area contributed by atoms with Crippen molar-refractivity contribution in [2.24, 2.45) is 0 Å². The zero-order valence-electron chi connectivity index (χ0n) is 17.5. The van der Waals surface area contributed by atoms with Crippen molar-refractivity contribution in [2.75, 3.05) is 11.4 Å². The van der Waals surface area contributed by atoms with Crippen LogP contribution in [0.1, 0.15) is 24.5 Å². The monoisotopic (exact) mass is 412 g/mol. The predicted octanol–water partition coefficient (Wildman–Crippen LogP) is 4.40. The van der Waals surface area contributed by atoms with Crippen LogP contribution in [0.2, 0.25) is 0 Å². The number of fused-ring (bicyclic) bond motifs is 4. The van der Waals surface area contributed by atoms with Gasteiger partial charge in [-0.25, -0.2) is 0 Å². The average molecular weight is 412 g/mol. The number of hydrogen-bond acceptors (Lipinski definition) is 3. The van der Waals surface area contributed by atoms with Crippen LogP contribution in [0.4, 0.5) is 5.69 Å². The number of ether oxygens (including phenoxy) is 1. The van der Waals surface area contributed by atoms with E-state index in [1.54, 1.807) is 11.8 Å². The number of carbonyl (C=O) groups is 2. The average Bonchev–Trinajstić information content (AvgIpc) is 2.96. The smallest absolute Gasteiger partial charge is 0.267 e. The van der Waals surface area contributed by atoms with E-state index < -0.39 is 6.10 Å². The van der Waals surface area contributed by atoms with E-state index in [1.165, 1.54) is 11.1 Å². The Kier molecular flexibility index (Phi) is 4.94. The maximum atomic E-state index is 13.3. The summed E-state index contributed by atoms with van der Waals surface area (Å²) in [4.78, 5) is 29.6. The molecule has 31 heavy (non-hydrogen) atoms. The van der Waals surface area contributed by atoms with Crippen LogP contribution in [0.3, 0.4) is 0 Å². The van der Waals surface area contributed by atoms with Crippen molar-refractivity contribution in [2.45, 2.75) is 32.5 Å². The SMILES string of the molecule is CC1Oc2ccccc2N(CCC(=O)N2Cc3ccccc3-c3ccccc3C2)C1=O. The Morgan fingerprint density at radius 3 is 2.16 bits per heavy atom. The third-order valence-corrected chi connectivity index (χ3v) is 6.02. The first kappa shape index (κ1) is 19.4. The second-order valence-corrected chi connectivity index (χ2v) is 8.03. The third kappa shape index (κ3) is 3.56.